The number of allylic oxidation sites excluding steroid dienone is 2. The van der Waals surface area contributed by atoms with Gasteiger partial charge in [-0.25, -0.2) is 0 Å². The monoisotopic (exact) mass is 301 g/mol. The van der Waals surface area contributed by atoms with E-state index in [2.05, 4.69) is 11.4 Å². The normalized spacial score (nSPS) is 18.0. The van der Waals surface area contributed by atoms with E-state index in [1.807, 2.05) is 38.1 Å². The van der Waals surface area contributed by atoms with Gasteiger partial charge in [0.05, 0.1) is 6.42 Å². The van der Waals surface area contributed by atoms with Crippen LogP contribution in [0.4, 0.5) is 5.69 Å². The van der Waals surface area contributed by atoms with Gasteiger partial charge in [0.25, 0.3) is 5.91 Å². The SMILES string of the molecule is Cc1cccc(C)c1NC(=O)[C@@H](C)OC(=O)C[C@H]1C=CCC1. The van der Waals surface area contributed by atoms with Crippen LogP contribution in [0.1, 0.15) is 37.3 Å². The van der Waals surface area contributed by atoms with Gasteiger partial charge in [-0.05, 0) is 50.7 Å². The van der Waals surface area contributed by atoms with E-state index in [-0.39, 0.29) is 17.8 Å². The van der Waals surface area contributed by atoms with Crippen molar-refractivity contribution >= 4 is 17.6 Å². The number of carbonyl (C=O) groups is 2. The summed E-state index contributed by atoms with van der Waals surface area (Å²) >= 11 is 0. The number of anilines is 1. The van der Waals surface area contributed by atoms with E-state index in [0.29, 0.717) is 6.42 Å². The first-order chi connectivity index (χ1) is 10.5. The molecule has 0 saturated heterocycles. The van der Waals surface area contributed by atoms with Crippen molar-refractivity contribution in [1.29, 1.82) is 0 Å². The molecule has 0 bridgehead atoms. The van der Waals surface area contributed by atoms with Gasteiger partial charge in [0.15, 0.2) is 6.10 Å². The van der Waals surface area contributed by atoms with E-state index >= 15 is 0 Å². The van der Waals surface area contributed by atoms with Crippen LogP contribution in [0.25, 0.3) is 0 Å². The molecule has 118 valence electrons. The third kappa shape index (κ3) is 4.20. The van der Waals surface area contributed by atoms with Gasteiger partial charge in [0.1, 0.15) is 0 Å². The molecule has 4 nitrogen and oxygen atoms in total. The smallest absolute Gasteiger partial charge is 0.307 e. The van der Waals surface area contributed by atoms with Crippen molar-refractivity contribution in [1.82, 2.24) is 0 Å². The molecule has 0 fully saturated rings. The van der Waals surface area contributed by atoms with Crippen molar-refractivity contribution in [2.45, 2.75) is 46.1 Å². The Bertz CT molecular complexity index is 572. The molecule has 0 aromatic heterocycles. The summed E-state index contributed by atoms with van der Waals surface area (Å²) in [7, 11) is 0. The van der Waals surface area contributed by atoms with Crippen molar-refractivity contribution in [3.05, 3.63) is 41.5 Å². The van der Waals surface area contributed by atoms with Gasteiger partial charge < -0.3 is 10.1 Å². The molecule has 1 amide bonds. The van der Waals surface area contributed by atoms with Crippen LogP contribution in [0.3, 0.4) is 0 Å². The number of amides is 1. The largest absolute Gasteiger partial charge is 0.453 e. The maximum atomic E-state index is 12.2. The lowest BCUT2D eigenvalue weighted by Gasteiger charge is -2.17. The predicted molar refractivity (Wildman–Crippen MR) is 86.6 cm³/mol. The van der Waals surface area contributed by atoms with Crippen LogP contribution in [0.15, 0.2) is 30.4 Å². The first-order valence-corrected chi connectivity index (χ1v) is 7.70. The fraction of sp³-hybridized carbons (Fsp3) is 0.444. The highest BCUT2D eigenvalue weighted by Gasteiger charge is 2.21. The molecule has 1 aliphatic rings. The van der Waals surface area contributed by atoms with Crippen molar-refractivity contribution in [2.75, 3.05) is 5.32 Å². The van der Waals surface area contributed by atoms with Gasteiger partial charge in [-0.2, -0.15) is 0 Å². The molecular weight excluding hydrogens is 278 g/mol. The summed E-state index contributed by atoms with van der Waals surface area (Å²) in [5.74, 6) is -0.366. The van der Waals surface area contributed by atoms with Crippen molar-refractivity contribution in [3.8, 4) is 0 Å². The van der Waals surface area contributed by atoms with Gasteiger partial charge in [0, 0.05) is 5.69 Å². The second-order valence-corrected chi connectivity index (χ2v) is 5.86. The van der Waals surface area contributed by atoms with Crippen LogP contribution in [-0.4, -0.2) is 18.0 Å². The summed E-state index contributed by atoms with van der Waals surface area (Å²) in [4.78, 5) is 24.1. The molecule has 0 unspecified atom stereocenters. The fourth-order valence-electron chi connectivity index (χ4n) is 2.61. The van der Waals surface area contributed by atoms with Gasteiger partial charge in [-0.1, -0.05) is 30.4 Å². The zero-order valence-corrected chi connectivity index (χ0v) is 13.4. The molecule has 0 spiro atoms. The number of benzene rings is 1. The molecular formula is C18H23NO3. The molecule has 0 aliphatic heterocycles. The molecule has 0 heterocycles. The van der Waals surface area contributed by atoms with Gasteiger partial charge >= 0.3 is 5.97 Å². The fourth-order valence-corrected chi connectivity index (χ4v) is 2.61. The molecule has 2 rings (SSSR count). The Labute approximate surface area is 131 Å². The first kappa shape index (κ1) is 16.3. The van der Waals surface area contributed by atoms with Crippen LogP contribution in [0.5, 0.6) is 0 Å². The minimum Gasteiger partial charge on any atom is -0.453 e. The number of ether oxygens (including phenoxy) is 1. The number of nitrogens with one attached hydrogen (secondary N) is 1. The second-order valence-electron chi connectivity index (χ2n) is 5.86. The summed E-state index contributed by atoms with van der Waals surface area (Å²) in [5, 5.41) is 2.85. The van der Waals surface area contributed by atoms with E-state index < -0.39 is 6.10 Å². The van der Waals surface area contributed by atoms with Crippen LogP contribution in [0, 0.1) is 19.8 Å². The van der Waals surface area contributed by atoms with E-state index in [4.69, 9.17) is 4.74 Å². The summed E-state index contributed by atoms with van der Waals surface area (Å²) in [6.45, 7) is 5.47. The Balaban J connectivity index is 1.89. The van der Waals surface area contributed by atoms with E-state index in [1.165, 1.54) is 0 Å². The topological polar surface area (TPSA) is 55.4 Å². The Hall–Kier alpha value is -2.10. The minimum atomic E-state index is -0.795. The molecule has 0 saturated carbocycles. The summed E-state index contributed by atoms with van der Waals surface area (Å²) in [6.07, 6.45) is 5.67. The zero-order chi connectivity index (χ0) is 16.1. The Morgan fingerprint density at radius 2 is 2.00 bits per heavy atom. The summed E-state index contributed by atoms with van der Waals surface area (Å²) in [5.41, 5.74) is 2.76. The number of hydrogen-bond acceptors (Lipinski definition) is 3. The van der Waals surface area contributed by atoms with Gasteiger partial charge in [0.2, 0.25) is 0 Å². The van der Waals surface area contributed by atoms with Crippen molar-refractivity contribution in [3.63, 3.8) is 0 Å². The maximum Gasteiger partial charge on any atom is 0.307 e. The van der Waals surface area contributed by atoms with Crippen LogP contribution >= 0.6 is 0 Å². The molecule has 1 aromatic carbocycles. The summed E-state index contributed by atoms with van der Waals surface area (Å²) < 4.78 is 5.24. The standard InChI is InChI=1S/C18H23NO3/c1-12-7-6-8-13(2)17(12)19-18(21)14(3)22-16(20)11-15-9-4-5-10-15/h4,6-9,14-15H,5,10-11H2,1-3H3,(H,19,21)/t14-,15+/m1/s1. The maximum absolute atomic E-state index is 12.2. The molecule has 1 aliphatic carbocycles. The van der Waals surface area contributed by atoms with Crippen LogP contribution in [0.2, 0.25) is 0 Å². The van der Waals surface area contributed by atoms with E-state index in [1.54, 1.807) is 6.92 Å². The van der Waals surface area contributed by atoms with E-state index in [0.717, 1.165) is 29.7 Å². The lowest BCUT2D eigenvalue weighted by atomic mass is 10.1. The Morgan fingerprint density at radius 1 is 1.32 bits per heavy atom. The van der Waals surface area contributed by atoms with Crippen LogP contribution < -0.4 is 5.32 Å². The number of aryl methyl sites for hydroxylation is 2. The highest BCUT2D eigenvalue weighted by Crippen LogP contribution is 2.22. The highest BCUT2D eigenvalue weighted by molar-refractivity contribution is 5.96. The zero-order valence-electron chi connectivity index (χ0n) is 13.4. The average Bonchev–Trinajstić information content (AvgIpc) is 2.95. The third-order valence-corrected chi connectivity index (χ3v) is 3.95. The van der Waals surface area contributed by atoms with E-state index in [9.17, 15) is 9.59 Å². The molecule has 4 heteroatoms. The molecule has 22 heavy (non-hydrogen) atoms. The number of rotatable bonds is 5. The lowest BCUT2D eigenvalue weighted by molar-refractivity contribution is -0.153. The van der Waals surface area contributed by atoms with Crippen molar-refractivity contribution < 1.29 is 14.3 Å². The molecule has 0 radical (unpaired) electrons. The van der Waals surface area contributed by atoms with Gasteiger partial charge in [-0.3, -0.25) is 9.59 Å². The van der Waals surface area contributed by atoms with Crippen LogP contribution in [-0.2, 0) is 14.3 Å². The highest BCUT2D eigenvalue weighted by atomic mass is 16.5. The van der Waals surface area contributed by atoms with Crippen molar-refractivity contribution in [2.24, 2.45) is 5.92 Å². The minimum absolute atomic E-state index is 0.251. The molecule has 2 atom stereocenters. The number of para-hydroxylation sites is 1. The lowest BCUT2D eigenvalue weighted by Crippen LogP contribution is -2.30. The average molecular weight is 301 g/mol. The Kier molecular flexibility index (Phi) is 5.36. The quantitative estimate of drug-likeness (QED) is 0.668. The predicted octanol–water partition coefficient (Wildman–Crippen LogP) is 3.53. The number of hydrogen-bond donors (Lipinski definition) is 1. The summed E-state index contributed by atoms with van der Waals surface area (Å²) in [6, 6.07) is 5.82. The Morgan fingerprint density at radius 3 is 2.59 bits per heavy atom. The number of esters is 1. The second kappa shape index (κ2) is 7.25. The third-order valence-electron chi connectivity index (χ3n) is 3.95. The van der Waals surface area contributed by atoms with Gasteiger partial charge in [-0.15, -0.1) is 0 Å². The number of carbonyl (C=O) groups excluding carboxylic acids is 2. The molecule has 1 aromatic rings. The first-order valence-electron chi connectivity index (χ1n) is 7.70. The molecule has 1 N–H and O–H groups in total.